The van der Waals surface area contributed by atoms with E-state index in [9.17, 15) is 5.11 Å². The van der Waals surface area contributed by atoms with Crippen LogP contribution in [0, 0.1) is 0 Å². The second kappa shape index (κ2) is 7.80. The molecule has 0 fully saturated rings. The lowest BCUT2D eigenvalue weighted by molar-refractivity contribution is 0.457. The summed E-state index contributed by atoms with van der Waals surface area (Å²) in [5, 5.41) is 14.8. The van der Waals surface area contributed by atoms with Crippen molar-refractivity contribution in [1.29, 1.82) is 0 Å². The van der Waals surface area contributed by atoms with Gasteiger partial charge in [-0.2, -0.15) is 0 Å². The topological polar surface area (TPSA) is 73.3 Å². The van der Waals surface area contributed by atoms with Crippen LogP contribution in [0.1, 0.15) is 25.0 Å². The first-order valence-corrected chi connectivity index (χ1v) is 9.67. The lowest BCUT2D eigenvalue weighted by Gasteiger charge is -2.09. The van der Waals surface area contributed by atoms with Gasteiger partial charge in [0.25, 0.3) is 0 Å². The van der Waals surface area contributed by atoms with Crippen LogP contribution in [0.4, 0.5) is 5.82 Å². The fraction of sp³-hybridized carbons (Fsp3) is 0.167. The number of H-pyrrole nitrogens is 1. The minimum absolute atomic E-state index is 0.121. The summed E-state index contributed by atoms with van der Waals surface area (Å²) in [6.07, 6.45) is 1.86. The van der Waals surface area contributed by atoms with Crippen LogP contribution in [-0.4, -0.2) is 33.9 Å². The first-order chi connectivity index (χ1) is 14.1. The average molecular weight is 384 g/mol. The number of rotatable bonds is 5. The first-order valence-electron chi connectivity index (χ1n) is 9.67. The predicted octanol–water partition coefficient (Wildman–Crippen LogP) is 5.22. The van der Waals surface area contributed by atoms with Crippen molar-refractivity contribution >= 4 is 22.4 Å². The second-order valence-corrected chi connectivity index (χ2v) is 7.28. The highest BCUT2D eigenvalue weighted by molar-refractivity contribution is 6.21. The van der Waals surface area contributed by atoms with Crippen LogP contribution in [0.25, 0.3) is 22.0 Å². The number of hydrogen-bond donors (Lipinski definition) is 3. The number of benzene rings is 2. The Bertz CT molecular complexity index is 1160. The highest BCUT2D eigenvalue weighted by Crippen LogP contribution is 2.33. The summed E-state index contributed by atoms with van der Waals surface area (Å²) in [7, 11) is 1.74. The molecule has 146 valence electrons. The monoisotopic (exact) mass is 384 g/mol. The fourth-order valence-electron chi connectivity index (χ4n) is 3.53. The van der Waals surface area contributed by atoms with Gasteiger partial charge < -0.3 is 15.4 Å². The number of aromatic hydroxyl groups is 1. The van der Waals surface area contributed by atoms with E-state index in [0.717, 1.165) is 44.7 Å². The van der Waals surface area contributed by atoms with Crippen molar-refractivity contribution in [3.05, 3.63) is 78.0 Å². The van der Waals surface area contributed by atoms with Gasteiger partial charge in [0, 0.05) is 41.3 Å². The largest absolute Gasteiger partial charge is 0.494 e. The number of fused-ring (bicyclic) bond motifs is 1. The average Bonchev–Trinajstić information content (AvgIpc) is 3.05. The van der Waals surface area contributed by atoms with Crippen LogP contribution in [0.2, 0.25) is 0 Å². The number of aliphatic imine (C=N–C) groups is 1. The Balaban J connectivity index is 1.73. The quantitative estimate of drug-likeness (QED) is 0.413. The lowest BCUT2D eigenvalue weighted by atomic mass is 9.99. The third-order valence-electron chi connectivity index (χ3n) is 4.82. The van der Waals surface area contributed by atoms with Gasteiger partial charge in [-0.25, -0.2) is 4.98 Å². The summed E-state index contributed by atoms with van der Waals surface area (Å²) in [6.45, 7) is 4.17. The van der Waals surface area contributed by atoms with E-state index in [1.54, 1.807) is 7.05 Å². The van der Waals surface area contributed by atoms with Crippen LogP contribution in [-0.2, 0) is 0 Å². The maximum absolute atomic E-state index is 10.6. The molecule has 0 aliphatic heterocycles. The van der Waals surface area contributed by atoms with E-state index in [0.29, 0.717) is 6.04 Å². The first kappa shape index (κ1) is 18.7. The highest BCUT2D eigenvalue weighted by atomic mass is 16.3. The summed E-state index contributed by atoms with van der Waals surface area (Å²) in [5.74, 6) is 0.979. The molecule has 29 heavy (non-hydrogen) atoms. The Hall–Kier alpha value is -3.60. The molecule has 0 aliphatic rings. The Kier molecular flexibility index (Phi) is 5.04. The number of pyridine rings is 1. The smallest absolute Gasteiger partial charge is 0.199 e. The summed E-state index contributed by atoms with van der Waals surface area (Å²) in [5.41, 5.74) is 5.35. The number of nitrogens with zero attached hydrogens (tertiary/aromatic N) is 2. The van der Waals surface area contributed by atoms with Gasteiger partial charge in [-0.3, -0.25) is 4.99 Å². The summed E-state index contributed by atoms with van der Waals surface area (Å²) < 4.78 is 0. The van der Waals surface area contributed by atoms with Gasteiger partial charge in [0.15, 0.2) is 5.88 Å². The summed E-state index contributed by atoms with van der Waals surface area (Å²) >= 11 is 0. The number of aromatic amines is 1. The maximum Gasteiger partial charge on any atom is 0.199 e. The molecular formula is C24H24N4O. The van der Waals surface area contributed by atoms with Gasteiger partial charge in [-0.15, -0.1) is 0 Å². The van der Waals surface area contributed by atoms with Gasteiger partial charge in [0.05, 0.1) is 11.3 Å². The Labute approximate surface area is 170 Å². The fourth-order valence-corrected chi connectivity index (χ4v) is 3.53. The zero-order chi connectivity index (χ0) is 20.4. The van der Waals surface area contributed by atoms with Crippen molar-refractivity contribution in [2.75, 3.05) is 12.4 Å². The van der Waals surface area contributed by atoms with E-state index in [4.69, 9.17) is 0 Å². The van der Waals surface area contributed by atoms with Crippen molar-refractivity contribution in [3.8, 4) is 17.0 Å². The van der Waals surface area contributed by atoms with E-state index in [2.05, 4.69) is 34.1 Å². The molecule has 0 spiro atoms. The van der Waals surface area contributed by atoms with Crippen LogP contribution in [0.3, 0.4) is 0 Å². The molecule has 3 N–H and O–H groups in total. The lowest BCUT2D eigenvalue weighted by Crippen LogP contribution is -2.10. The van der Waals surface area contributed by atoms with Crippen molar-refractivity contribution in [2.45, 2.75) is 19.9 Å². The molecule has 0 radical (unpaired) electrons. The minimum atomic E-state index is 0.121. The third kappa shape index (κ3) is 3.72. The molecular weight excluding hydrogens is 360 g/mol. The van der Waals surface area contributed by atoms with Gasteiger partial charge in [-0.1, -0.05) is 42.5 Å². The van der Waals surface area contributed by atoms with Crippen molar-refractivity contribution < 1.29 is 5.11 Å². The molecule has 0 bridgehead atoms. The molecule has 2 heterocycles. The van der Waals surface area contributed by atoms with Crippen LogP contribution >= 0.6 is 0 Å². The standard InChI is InChI=1S/C24H24N4O/c1-15(2)27-21-12-10-18(14-26-21)17-9-11-19-20(13-17)28-24(29)22(19)23(25-3)16-7-5-4-6-8-16/h4-15,28-29H,1-3H3,(H,26,27). The molecule has 0 saturated heterocycles. The summed E-state index contributed by atoms with van der Waals surface area (Å²) in [4.78, 5) is 12.0. The molecule has 0 atom stereocenters. The van der Waals surface area contributed by atoms with Gasteiger partial charge in [-0.05, 0) is 37.6 Å². The number of aromatic nitrogens is 2. The zero-order valence-electron chi connectivity index (χ0n) is 16.8. The molecule has 0 saturated carbocycles. The van der Waals surface area contributed by atoms with Crippen molar-refractivity contribution in [3.63, 3.8) is 0 Å². The summed E-state index contributed by atoms with van der Waals surface area (Å²) in [6, 6.07) is 20.3. The van der Waals surface area contributed by atoms with E-state index in [1.165, 1.54) is 0 Å². The predicted molar refractivity (Wildman–Crippen MR) is 120 cm³/mol. The molecule has 4 rings (SSSR count). The SMILES string of the molecule is CN=C(c1ccccc1)c1c(O)[nH]c2cc(-c3ccc(NC(C)C)nc3)ccc12. The van der Waals surface area contributed by atoms with E-state index < -0.39 is 0 Å². The van der Waals surface area contributed by atoms with E-state index >= 15 is 0 Å². The molecule has 4 aromatic rings. The van der Waals surface area contributed by atoms with Gasteiger partial charge in [0.1, 0.15) is 5.82 Å². The van der Waals surface area contributed by atoms with Crippen LogP contribution in [0.15, 0.2) is 71.9 Å². The molecule has 5 nitrogen and oxygen atoms in total. The maximum atomic E-state index is 10.6. The zero-order valence-corrected chi connectivity index (χ0v) is 16.8. The Morgan fingerprint density at radius 3 is 2.45 bits per heavy atom. The normalized spacial score (nSPS) is 11.9. The highest BCUT2D eigenvalue weighted by Gasteiger charge is 2.18. The van der Waals surface area contributed by atoms with Crippen molar-refractivity contribution in [1.82, 2.24) is 9.97 Å². The minimum Gasteiger partial charge on any atom is -0.494 e. The van der Waals surface area contributed by atoms with Crippen LogP contribution < -0.4 is 5.32 Å². The molecule has 0 unspecified atom stereocenters. The third-order valence-corrected chi connectivity index (χ3v) is 4.82. The molecule has 2 aromatic carbocycles. The Morgan fingerprint density at radius 1 is 1.03 bits per heavy atom. The van der Waals surface area contributed by atoms with Gasteiger partial charge >= 0.3 is 0 Å². The van der Waals surface area contributed by atoms with E-state index in [-0.39, 0.29) is 5.88 Å². The second-order valence-electron chi connectivity index (χ2n) is 7.28. The molecule has 0 aliphatic carbocycles. The van der Waals surface area contributed by atoms with Crippen molar-refractivity contribution in [2.24, 2.45) is 4.99 Å². The molecule has 5 heteroatoms. The molecule has 2 aromatic heterocycles. The number of hydrogen-bond acceptors (Lipinski definition) is 4. The number of nitrogens with one attached hydrogen (secondary N) is 2. The number of anilines is 1. The van der Waals surface area contributed by atoms with E-state index in [1.807, 2.05) is 66.9 Å². The van der Waals surface area contributed by atoms with Gasteiger partial charge in [0.2, 0.25) is 0 Å². The molecule has 0 amide bonds. The van der Waals surface area contributed by atoms with Crippen LogP contribution in [0.5, 0.6) is 5.88 Å². The Morgan fingerprint density at radius 2 is 1.79 bits per heavy atom.